The predicted molar refractivity (Wildman–Crippen MR) is 77.1 cm³/mol. The molecule has 2 aromatic rings. The van der Waals surface area contributed by atoms with Crippen molar-refractivity contribution in [3.8, 4) is 0 Å². The van der Waals surface area contributed by atoms with Crippen LogP contribution < -0.4 is 11.3 Å². The molecular weight excluding hydrogens is 333 g/mol. The Labute approximate surface area is 124 Å². The van der Waals surface area contributed by atoms with Crippen LogP contribution in [-0.4, -0.2) is 4.98 Å². The van der Waals surface area contributed by atoms with Crippen molar-refractivity contribution in [3.05, 3.63) is 63.1 Å². The van der Waals surface area contributed by atoms with E-state index in [2.05, 4.69) is 26.3 Å². The van der Waals surface area contributed by atoms with Gasteiger partial charge in [0.2, 0.25) is 0 Å². The molecule has 0 aliphatic carbocycles. The van der Waals surface area contributed by atoms with E-state index in [1.165, 1.54) is 12.1 Å². The molecule has 100 valence electrons. The fourth-order valence-corrected chi connectivity index (χ4v) is 2.51. The first-order chi connectivity index (χ1) is 9.10. The zero-order chi connectivity index (χ0) is 13.8. The number of rotatable bonds is 4. The highest BCUT2D eigenvalue weighted by Gasteiger charge is 2.13. The van der Waals surface area contributed by atoms with Crippen LogP contribution >= 0.6 is 27.5 Å². The molecule has 3 nitrogen and oxygen atoms in total. The lowest BCUT2D eigenvalue weighted by molar-refractivity contribution is 0.549. The second-order valence-electron chi connectivity index (χ2n) is 4.07. The number of aromatic nitrogens is 1. The van der Waals surface area contributed by atoms with Crippen LogP contribution in [0.4, 0.5) is 4.39 Å². The first kappa shape index (κ1) is 14.4. The average Bonchev–Trinajstić information content (AvgIpc) is 2.38. The molecule has 0 bridgehead atoms. The number of nitrogens with zero attached hydrogens (tertiary/aromatic N) is 1. The molecule has 0 aliphatic heterocycles. The number of pyridine rings is 1. The van der Waals surface area contributed by atoms with Crippen molar-refractivity contribution in [2.24, 2.45) is 5.84 Å². The first-order valence-corrected chi connectivity index (χ1v) is 6.78. The van der Waals surface area contributed by atoms with Gasteiger partial charge in [-0.15, -0.1) is 0 Å². The van der Waals surface area contributed by atoms with Crippen LogP contribution in [0.15, 0.2) is 41.0 Å². The predicted octanol–water partition coefficient (Wildman–Crippen LogP) is 3.38. The Balaban J connectivity index is 2.24. The molecule has 3 N–H and O–H groups in total. The van der Waals surface area contributed by atoms with E-state index in [0.29, 0.717) is 16.0 Å². The number of nitrogens with two attached hydrogens (primary N) is 1. The number of halogens is 3. The fourth-order valence-electron chi connectivity index (χ4n) is 1.81. The molecule has 0 spiro atoms. The van der Waals surface area contributed by atoms with E-state index in [1.54, 1.807) is 18.3 Å². The van der Waals surface area contributed by atoms with Crippen LogP contribution in [0.3, 0.4) is 0 Å². The van der Waals surface area contributed by atoms with Crippen LogP contribution in [0.2, 0.25) is 5.15 Å². The lowest BCUT2D eigenvalue weighted by Gasteiger charge is -2.17. The molecule has 19 heavy (non-hydrogen) atoms. The summed E-state index contributed by atoms with van der Waals surface area (Å²) in [6, 6.07) is 8.06. The third-order valence-electron chi connectivity index (χ3n) is 2.79. The largest absolute Gasteiger partial charge is 0.271 e. The van der Waals surface area contributed by atoms with Gasteiger partial charge in [-0.05, 0) is 41.8 Å². The molecule has 2 rings (SSSR count). The molecule has 0 saturated carbocycles. The summed E-state index contributed by atoms with van der Waals surface area (Å²) in [7, 11) is 0. The highest BCUT2D eigenvalue weighted by Crippen LogP contribution is 2.25. The maximum Gasteiger partial charge on any atom is 0.129 e. The highest BCUT2D eigenvalue weighted by atomic mass is 79.9. The Hall–Kier alpha value is -1.01. The van der Waals surface area contributed by atoms with Gasteiger partial charge in [-0.1, -0.05) is 33.6 Å². The molecule has 1 aromatic heterocycles. The third-order valence-corrected chi connectivity index (χ3v) is 3.74. The van der Waals surface area contributed by atoms with Crippen molar-refractivity contribution in [1.29, 1.82) is 0 Å². The summed E-state index contributed by atoms with van der Waals surface area (Å²) in [5.74, 6) is 5.30. The molecule has 1 heterocycles. The van der Waals surface area contributed by atoms with E-state index in [4.69, 9.17) is 17.4 Å². The third kappa shape index (κ3) is 3.73. The van der Waals surface area contributed by atoms with E-state index < -0.39 is 0 Å². The second kappa shape index (κ2) is 6.43. The van der Waals surface area contributed by atoms with Crippen molar-refractivity contribution >= 4 is 27.5 Å². The maximum absolute atomic E-state index is 13.0. The van der Waals surface area contributed by atoms with E-state index in [9.17, 15) is 4.39 Å². The van der Waals surface area contributed by atoms with Crippen molar-refractivity contribution in [3.63, 3.8) is 0 Å². The normalized spacial score (nSPS) is 12.4. The standard InChI is InChI=1S/C13H12BrClFN3/c14-11-7-10(16)2-1-8(11)5-12(19-17)9-3-4-18-13(15)6-9/h1-4,6-7,12,19H,5,17H2. The highest BCUT2D eigenvalue weighted by molar-refractivity contribution is 9.10. The van der Waals surface area contributed by atoms with Crippen molar-refractivity contribution < 1.29 is 4.39 Å². The molecule has 1 unspecified atom stereocenters. The lowest BCUT2D eigenvalue weighted by atomic mass is 10.0. The van der Waals surface area contributed by atoms with Crippen molar-refractivity contribution in [1.82, 2.24) is 10.4 Å². The Morgan fingerprint density at radius 3 is 2.79 bits per heavy atom. The monoisotopic (exact) mass is 343 g/mol. The van der Waals surface area contributed by atoms with Gasteiger partial charge in [-0.2, -0.15) is 0 Å². The van der Waals surface area contributed by atoms with Gasteiger partial charge in [0.15, 0.2) is 0 Å². The summed E-state index contributed by atoms with van der Waals surface area (Å²) in [5.41, 5.74) is 4.62. The number of nitrogens with one attached hydrogen (secondary N) is 1. The number of hydrazine groups is 1. The van der Waals surface area contributed by atoms with Crippen LogP contribution in [-0.2, 0) is 6.42 Å². The second-order valence-corrected chi connectivity index (χ2v) is 5.31. The molecule has 0 radical (unpaired) electrons. The zero-order valence-corrected chi connectivity index (χ0v) is 12.2. The van der Waals surface area contributed by atoms with Crippen LogP contribution in [0.25, 0.3) is 0 Å². The summed E-state index contributed by atoms with van der Waals surface area (Å²) < 4.78 is 13.8. The fraction of sp³-hybridized carbons (Fsp3) is 0.154. The number of hydrogen-bond donors (Lipinski definition) is 2. The molecule has 0 aliphatic rings. The Bertz CT molecular complexity index is 580. The zero-order valence-electron chi connectivity index (χ0n) is 9.91. The van der Waals surface area contributed by atoms with Gasteiger partial charge in [0.1, 0.15) is 11.0 Å². The lowest BCUT2D eigenvalue weighted by Crippen LogP contribution is -2.29. The summed E-state index contributed by atoms with van der Waals surface area (Å²) in [6.45, 7) is 0. The van der Waals surface area contributed by atoms with Gasteiger partial charge in [-0.3, -0.25) is 11.3 Å². The number of benzene rings is 1. The van der Waals surface area contributed by atoms with E-state index in [1.807, 2.05) is 6.07 Å². The quantitative estimate of drug-likeness (QED) is 0.508. The molecule has 1 atom stereocenters. The van der Waals surface area contributed by atoms with Gasteiger partial charge in [0, 0.05) is 10.7 Å². The summed E-state index contributed by atoms with van der Waals surface area (Å²) in [4.78, 5) is 3.93. The molecule has 0 amide bonds. The Morgan fingerprint density at radius 2 is 2.16 bits per heavy atom. The SMILES string of the molecule is NNC(Cc1ccc(F)cc1Br)c1ccnc(Cl)c1. The molecule has 0 saturated heterocycles. The Morgan fingerprint density at radius 1 is 1.37 bits per heavy atom. The van der Waals surface area contributed by atoms with Crippen molar-refractivity contribution in [2.75, 3.05) is 0 Å². The van der Waals surface area contributed by atoms with E-state index in [-0.39, 0.29) is 11.9 Å². The topological polar surface area (TPSA) is 50.9 Å². The van der Waals surface area contributed by atoms with E-state index in [0.717, 1.165) is 11.1 Å². The summed E-state index contributed by atoms with van der Waals surface area (Å²) in [5, 5.41) is 0.413. The van der Waals surface area contributed by atoms with Gasteiger partial charge in [-0.25, -0.2) is 9.37 Å². The molecule has 0 fully saturated rings. The minimum Gasteiger partial charge on any atom is -0.271 e. The Kier molecular flexibility index (Phi) is 4.87. The van der Waals surface area contributed by atoms with Crippen LogP contribution in [0.5, 0.6) is 0 Å². The molecule has 6 heteroatoms. The summed E-state index contributed by atoms with van der Waals surface area (Å²) >= 11 is 9.21. The minimum atomic E-state index is -0.278. The number of hydrogen-bond acceptors (Lipinski definition) is 3. The van der Waals surface area contributed by atoms with Gasteiger partial charge < -0.3 is 0 Å². The first-order valence-electron chi connectivity index (χ1n) is 5.61. The average molecular weight is 345 g/mol. The smallest absolute Gasteiger partial charge is 0.129 e. The summed E-state index contributed by atoms with van der Waals surface area (Å²) in [6.07, 6.45) is 2.24. The maximum atomic E-state index is 13.0. The van der Waals surface area contributed by atoms with Crippen LogP contribution in [0.1, 0.15) is 17.2 Å². The van der Waals surface area contributed by atoms with Crippen molar-refractivity contribution in [2.45, 2.75) is 12.5 Å². The molecular formula is C13H12BrClFN3. The minimum absolute atomic E-state index is 0.123. The van der Waals surface area contributed by atoms with Gasteiger partial charge in [0.25, 0.3) is 0 Å². The van der Waals surface area contributed by atoms with E-state index >= 15 is 0 Å². The van der Waals surface area contributed by atoms with Crippen LogP contribution in [0, 0.1) is 5.82 Å². The van der Waals surface area contributed by atoms with Gasteiger partial charge in [0.05, 0.1) is 6.04 Å². The van der Waals surface area contributed by atoms with Gasteiger partial charge >= 0.3 is 0 Å². The molecule has 1 aromatic carbocycles.